The highest BCUT2D eigenvalue weighted by Gasteiger charge is 2.35. The van der Waals surface area contributed by atoms with Gasteiger partial charge in [0.15, 0.2) is 0 Å². The molecule has 1 fully saturated rings. The summed E-state index contributed by atoms with van der Waals surface area (Å²) in [6, 6.07) is 2.46. The normalized spacial score (nSPS) is 26.8. The fourth-order valence-corrected chi connectivity index (χ4v) is 2.89. The molecular weight excluding hydrogens is 252 g/mol. The topological polar surface area (TPSA) is 54.4 Å². The minimum absolute atomic E-state index is 0.117. The summed E-state index contributed by atoms with van der Waals surface area (Å²) in [6.07, 6.45) is 7.14. The lowest BCUT2D eigenvalue weighted by atomic mass is 9.78. The average molecular weight is 278 g/mol. The van der Waals surface area contributed by atoms with Crippen LogP contribution < -0.4 is 10.1 Å². The number of hydrogen-bond acceptors (Lipinski definition) is 4. The molecule has 1 saturated carbocycles. The Morgan fingerprint density at radius 1 is 1.40 bits per heavy atom. The minimum atomic E-state index is -0.755. The number of nitrogens with zero attached hydrogens (tertiary/aromatic N) is 1. The Bertz CT molecular complexity index is 426. The van der Waals surface area contributed by atoms with E-state index >= 15 is 0 Å². The first kappa shape index (κ1) is 15.3. The molecule has 4 heteroatoms. The van der Waals surface area contributed by atoms with Gasteiger partial charge < -0.3 is 15.2 Å². The number of pyridine rings is 1. The molecule has 2 rings (SSSR count). The first-order valence-corrected chi connectivity index (χ1v) is 7.61. The summed E-state index contributed by atoms with van der Waals surface area (Å²) >= 11 is 0. The lowest BCUT2D eigenvalue weighted by Gasteiger charge is -2.36. The molecule has 2 N–H and O–H groups in total. The van der Waals surface area contributed by atoms with Gasteiger partial charge in [-0.25, -0.2) is 0 Å². The molecule has 4 nitrogen and oxygen atoms in total. The molecule has 112 valence electrons. The van der Waals surface area contributed by atoms with E-state index in [0.717, 1.165) is 43.5 Å². The SMILES string of the molecule is CCNC1CCC(O)(c2cncc(OC(C)C)c2)CC1. The molecule has 1 aliphatic rings. The molecule has 1 aromatic heterocycles. The lowest BCUT2D eigenvalue weighted by molar-refractivity contribution is -0.00870. The van der Waals surface area contributed by atoms with Gasteiger partial charge in [0, 0.05) is 17.8 Å². The minimum Gasteiger partial charge on any atom is -0.489 e. The summed E-state index contributed by atoms with van der Waals surface area (Å²) in [5.74, 6) is 0.736. The number of ether oxygens (including phenoxy) is 1. The van der Waals surface area contributed by atoms with Crippen LogP contribution in [0.15, 0.2) is 18.5 Å². The van der Waals surface area contributed by atoms with Crippen molar-refractivity contribution in [2.75, 3.05) is 6.54 Å². The van der Waals surface area contributed by atoms with Crippen LogP contribution in [0.25, 0.3) is 0 Å². The van der Waals surface area contributed by atoms with Crippen LogP contribution >= 0.6 is 0 Å². The second kappa shape index (κ2) is 6.55. The first-order valence-electron chi connectivity index (χ1n) is 7.61. The number of aromatic nitrogens is 1. The van der Waals surface area contributed by atoms with E-state index in [1.165, 1.54) is 0 Å². The molecule has 1 heterocycles. The van der Waals surface area contributed by atoms with Gasteiger partial charge in [0.05, 0.1) is 17.9 Å². The summed E-state index contributed by atoms with van der Waals surface area (Å²) in [5, 5.41) is 14.3. The molecule has 1 aliphatic carbocycles. The predicted molar refractivity (Wildman–Crippen MR) is 79.8 cm³/mol. The second-order valence-electron chi connectivity index (χ2n) is 5.94. The highest BCUT2D eigenvalue weighted by atomic mass is 16.5. The van der Waals surface area contributed by atoms with Crippen LogP contribution in [0.5, 0.6) is 5.75 Å². The van der Waals surface area contributed by atoms with E-state index in [1.54, 1.807) is 12.4 Å². The standard InChI is InChI=1S/C16H26N2O2/c1-4-18-14-5-7-16(19,8-6-14)13-9-15(11-17-10-13)20-12(2)3/h9-12,14,18-19H,4-8H2,1-3H3. The van der Waals surface area contributed by atoms with Gasteiger partial charge in [0.2, 0.25) is 0 Å². The van der Waals surface area contributed by atoms with Crippen LogP contribution in [0.4, 0.5) is 0 Å². The van der Waals surface area contributed by atoms with Crippen LogP contribution in [0.1, 0.15) is 52.0 Å². The summed E-state index contributed by atoms with van der Waals surface area (Å²) in [4.78, 5) is 4.21. The summed E-state index contributed by atoms with van der Waals surface area (Å²) < 4.78 is 5.66. The van der Waals surface area contributed by atoms with E-state index in [9.17, 15) is 5.11 Å². The van der Waals surface area contributed by atoms with E-state index < -0.39 is 5.60 Å². The molecule has 0 unspecified atom stereocenters. The van der Waals surface area contributed by atoms with Crippen LogP contribution in [0.2, 0.25) is 0 Å². The highest BCUT2D eigenvalue weighted by molar-refractivity contribution is 5.28. The maximum absolute atomic E-state index is 10.9. The van der Waals surface area contributed by atoms with Gasteiger partial charge in [-0.05, 0) is 52.1 Å². The Hall–Kier alpha value is -1.13. The van der Waals surface area contributed by atoms with Crippen molar-refractivity contribution in [2.45, 2.75) is 64.2 Å². The van der Waals surface area contributed by atoms with Gasteiger partial charge in [0.25, 0.3) is 0 Å². The highest BCUT2D eigenvalue weighted by Crippen LogP contribution is 2.37. The Balaban J connectivity index is 2.07. The zero-order valence-electron chi connectivity index (χ0n) is 12.7. The number of rotatable bonds is 5. The molecule has 0 saturated heterocycles. The van der Waals surface area contributed by atoms with Gasteiger partial charge >= 0.3 is 0 Å². The van der Waals surface area contributed by atoms with Crippen LogP contribution in [-0.2, 0) is 5.60 Å². The molecule has 0 amide bonds. The number of hydrogen-bond donors (Lipinski definition) is 2. The van der Waals surface area contributed by atoms with Gasteiger partial charge in [-0.3, -0.25) is 4.98 Å². The van der Waals surface area contributed by atoms with Gasteiger partial charge in [0.1, 0.15) is 5.75 Å². The molecule has 0 radical (unpaired) electrons. The predicted octanol–water partition coefficient (Wildman–Crippen LogP) is 2.61. The van der Waals surface area contributed by atoms with E-state index in [0.29, 0.717) is 6.04 Å². The van der Waals surface area contributed by atoms with Gasteiger partial charge in [-0.15, -0.1) is 0 Å². The zero-order valence-corrected chi connectivity index (χ0v) is 12.7. The van der Waals surface area contributed by atoms with Crippen molar-refractivity contribution in [1.82, 2.24) is 10.3 Å². The van der Waals surface area contributed by atoms with E-state index in [2.05, 4.69) is 17.2 Å². The zero-order chi connectivity index (χ0) is 14.6. The van der Waals surface area contributed by atoms with Gasteiger partial charge in [-0.1, -0.05) is 6.92 Å². The molecular formula is C16H26N2O2. The fourth-order valence-electron chi connectivity index (χ4n) is 2.89. The molecule has 1 aromatic rings. The third-order valence-electron chi connectivity index (χ3n) is 3.93. The third kappa shape index (κ3) is 3.70. The van der Waals surface area contributed by atoms with E-state index in [4.69, 9.17) is 4.74 Å². The molecule has 0 aliphatic heterocycles. The Kier molecular flexibility index (Phi) is 5.00. The van der Waals surface area contributed by atoms with Crippen molar-refractivity contribution < 1.29 is 9.84 Å². The van der Waals surface area contributed by atoms with Crippen LogP contribution in [0.3, 0.4) is 0 Å². The Labute approximate surface area is 121 Å². The molecule has 0 spiro atoms. The second-order valence-corrected chi connectivity index (χ2v) is 5.94. The summed E-state index contributed by atoms with van der Waals surface area (Å²) in [6.45, 7) is 7.09. The fraction of sp³-hybridized carbons (Fsp3) is 0.688. The Morgan fingerprint density at radius 2 is 2.10 bits per heavy atom. The molecule has 0 aromatic carbocycles. The summed E-state index contributed by atoms with van der Waals surface area (Å²) in [7, 11) is 0. The van der Waals surface area contributed by atoms with Crippen molar-refractivity contribution in [3.63, 3.8) is 0 Å². The monoisotopic (exact) mass is 278 g/mol. The largest absolute Gasteiger partial charge is 0.489 e. The smallest absolute Gasteiger partial charge is 0.138 e. The van der Waals surface area contributed by atoms with Crippen molar-refractivity contribution in [1.29, 1.82) is 0 Å². The van der Waals surface area contributed by atoms with Crippen LogP contribution in [-0.4, -0.2) is 28.8 Å². The third-order valence-corrected chi connectivity index (χ3v) is 3.93. The number of aliphatic hydroxyl groups is 1. The Morgan fingerprint density at radius 3 is 2.70 bits per heavy atom. The maximum Gasteiger partial charge on any atom is 0.138 e. The van der Waals surface area contributed by atoms with Crippen LogP contribution in [0, 0.1) is 0 Å². The molecule has 0 atom stereocenters. The van der Waals surface area contributed by atoms with E-state index in [1.807, 2.05) is 19.9 Å². The van der Waals surface area contributed by atoms with Crippen molar-refractivity contribution in [2.24, 2.45) is 0 Å². The molecule has 0 bridgehead atoms. The first-order chi connectivity index (χ1) is 9.53. The molecule has 20 heavy (non-hydrogen) atoms. The van der Waals surface area contributed by atoms with Gasteiger partial charge in [-0.2, -0.15) is 0 Å². The lowest BCUT2D eigenvalue weighted by Crippen LogP contribution is -2.39. The quantitative estimate of drug-likeness (QED) is 0.869. The van der Waals surface area contributed by atoms with E-state index in [-0.39, 0.29) is 6.10 Å². The van der Waals surface area contributed by atoms with Crippen molar-refractivity contribution >= 4 is 0 Å². The maximum atomic E-state index is 10.9. The average Bonchev–Trinajstić information content (AvgIpc) is 2.41. The summed E-state index contributed by atoms with van der Waals surface area (Å²) in [5.41, 5.74) is 0.125. The van der Waals surface area contributed by atoms with Crippen molar-refractivity contribution in [3.05, 3.63) is 24.0 Å². The van der Waals surface area contributed by atoms with Crippen molar-refractivity contribution in [3.8, 4) is 5.75 Å². The number of nitrogens with one attached hydrogen (secondary N) is 1.